The molecule has 1 rings (SSSR count). The second-order valence-electron chi connectivity index (χ2n) is 10.1. The van der Waals surface area contributed by atoms with E-state index in [1.165, 1.54) is 5.32 Å². The number of nitrogens with zero attached hydrogens (tertiary/aromatic N) is 1. The van der Waals surface area contributed by atoms with Gasteiger partial charge < -0.3 is 5.32 Å². The molecule has 1 aromatic carbocycles. The molecule has 27 heteroatoms. The Kier molecular flexibility index (Phi) is 11.2. The van der Waals surface area contributed by atoms with Gasteiger partial charge in [-0.25, -0.2) is 4.79 Å². The minimum Gasteiger partial charge on any atom is -0.349 e. The molecule has 4 nitrogen and oxygen atoms in total. The van der Waals surface area contributed by atoms with E-state index in [9.17, 15) is 111 Å². The van der Waals surface area contributed by atoms with E-state index in [1.54, 1.807) is 0 Å². The molecule has 1 N–H and O–H groups in total. The van der Waals surface area contributed by atoms with Crippen molar-refractivity contribution < 1.29 is 111 Å². The third-order valence-electron chi connectivity index (χ3n) is 6.55. The maximum Gasteiger partial charge on any atom is 0.460 e. The van der Waals surface area contributed by atoms with Crippen LogP contribution in [0.1, 0.15) is 29.3 Å². The Morgan fingerprint density at radius 3 is 1.30 bits per heavy atom. The quantitative estimate of drug-likeness (QED) is 0.116. The van der Waals surface area contributed by atoms with Crippen LogP contribution in [0.25, 0.3) is 0 Å². The third-order valence-corrected chi connectivity index (χ3v) is 6.55. The first-order valence-electron chi connectivity index (χ1n) is 12.1. The average molecular weight is 786 g/mol. The first-order chi connectivity index (χ1) is 21.7. The number of carbonyl (C=O) groups excluding carboxylic acids is 2. The topological polar surface area (TPSA) is 58.5 Å². The van der Waals surface area contributed by atoms with Gasteiger partial charge >= 0.3 is 65.4 Å². The van der Waals surface area contributed by atoms with Crippen molar-refractivity contribution in [1.29, 1.82) is 0 Å². The van der Waals surface area contributed by atoms with Gasteiger partial charge in [0.1, 0.15) is 0 Å². The Morgan fingerprint density at radius 1 is 0.620 bits per heavy atom. The molecule has 1 unspecified atom stereocenters. The zero-order valence-electron chi connectivity index (χ0n) is 23.5. The predicted octanol–water partition coefficient (Wildman–Crippen LogP) is 9.39. The Hall–Kier alpha value is -3.54. The van der Waals surface area contributed by atoms with Gasteiger partial charge in [-0.2, -0.15) is 106 Å². The van der Waals surface area contributed by atoms with Crippen LogP contribution in [0.2, 0.25) is 0 Å². The fourth-order valence-electron chi connectivity index (χ4n) is 3.74. The predicted molar refractivity (Wildman–Crippen MR) is 116 cm³/mol. The van der Waals surface area contributed by atoms with E-state index in [0.29, 0.717) is 0 Å². The Morgan fingerprint density at radius 2 is 0.960 bits per heavy atom. The number of hydrogen-bond donors (Lipinski definition) is 1. The van der Waals surface area contributed by atoms with Crippen molar-refractivity contribution in [2.24, 2.45) is 4.99 Å². The van der Waals surface area contributed by atoms with Crippen molar-refractivity contribution in [3.63, 3.8) is 0 Å². The van der Waals surface area contributed by atoms with Crippen molar-refractivity contribution >= 4 is 17.7 Å². The molecule has 0 radical (unpaired) electrons. The van der Waals surface area contributed by atoms with E-state index in [0.717, 1.165) is 31.2 Å². The second kappa shape index (κ2) is 12.6. The molecule has 0 heterocycles. The lowest BCUT2D eigenvalue weighted by molar-refractivity contribution is -0.478. The van der Waals surface area contributed by atoms with E-state index >= 15 is 0 Å². The maximum atomic E-state index is 14.3. The number of amides is 1. The summed E-state index contributed by atoms with van der Waals surface area (Å²) in [7, 11) is 0. The molecule has 0 bridgehead atoms. The van der Waals surface area contributed by atoms with E-state index < -0.39 is 95.0 Å². The van der Waals surface area contributed by atoms with Crippen LogP contribution in [0.3, 0.4) is 0 Å². The summed E-state index contributed by atoms with van der Waals surface area (Å²) in [6.07, 6.45) is -10.3. The molecular formula is C23H13F23N2O2. The van der Waals surface area contributed by atoms with Gasteiger partial charge in [0.25, 0.3) is 5.91 Å². The van der Waals surface area contributed by atoms with Gasteiger partial charge in [-0.15, -0.1) is 0 Å². The molecule has 0 spiro atoms. The highest BCUT2D eigenvalue weighted by atomic mass is 19.4. The van der Waals surface area contributed by atoms with E-state index in [2.05, 4.69) is 4.99 Å². The number of hydrogen-bond acceptors (Lipinski definition) is 3. The molecule has 1 aromatic rings. The lowest BCUT2D eigenvalue weighted by Crippen LogP contribution is -2.77. The minimum atomic E-state index is -9.48. The average Bonchev–Trinajstić information content (AvgIpc) is 2.91. The number of rotatable bonds is 14. The van der Waals surface area contributed by atoms with Gasteiger partial charge in [0.2, 0.25) is 6.08 Å². The van der Waals surface area contributed by atoms with Gasteiger partial charge in [0.05, 0.1) is 11.3 Å². The highest BCUT2D eigenvalue weighted by Crippen LogP contribution is 2.67. The molecule has 0 saturated heterocycles. The number of isocyanates is 1. The number of aliphatic imine (C=N–C) groups is 1. The summed E-state index contributed by atoms with van der Waals surface area (Å²) in [4.78, 5) is 25.9. The largest absolute Gasteiger partial charge is 0.460 e. The first kappa shape index (κ1) is 44.5. The molecule has 0 saturated carbocycles. The lowest BCUT2D eigenvalue weighted by Gasteiger charge is -2.45. The van der Waals surface area contributed by atoms with E-state index in [-0.39, 0.29) is 12.5 Å². The second-order valence-corrected chi connectivity index (χ2v) is 10.1. The Bertz CT molecular complexity index is 1480. The fraction of sp³-hybridized carbons (Fsp3) is 0.652. The maximum absolute atomic E-state index is 14.3. The fourth-order valence-corrected chi connectivity index (χ4v) is 3.74. The lowest BCUT2D eigenvalue weighted by atomic mass is 9.84. The van der Waals surface area contributed by atoms with Crippen LogP contribution in [0, 0.1) is 6.92 Å². The summed E-state index contributed by atoms with van der Waals surface area (Å²) >= 11 is 0. The first-order valence-corrected chi connectivity index (χ1v) is 12.1. The molecule has 0 aromatic heterocycles. The van der Waals surface area contributed by atoms with Gasteiger partial charge in [-0.05, 0) is 25.5 Å². The van der Waals surface area contributed by atoms with Crippen molar-refractivity contribution in [1.82, 2.24) is 5.32 Å². The number of benzene rings is 1. The molecule has 1 atom stereocenters. The number of aryl methyl sites for hydroxylation is 1. The number of nitrogens with one attached hydrogen (secondary N) is 1. The molecular weight excluding hydrogens is 773 g/mol. The number of carbonyl (C=O) groups is 1. The summed E-state index contributed by atoms with van der Waals surface area (Å²) in [5.41, 5.74) is -1.54. The van der Waals surface area contributed by atoms with Crippen LogP contribution in [-0.2, 0) is 4.79 Å². The highest BCUT2D eigenvalue weighted by Gasteiger charge is 2.98. The molecule has 0 aliphatic rings. The summed E-state index contributed by atoms with van der Waals surface area (Å²) in [5, 5.41) is 1.34. The van der Waals surface area contributed by atoms with E-state index in [1.807, 2.05) is 0 Å². The molecule has 1 amide bonds. The van der Waals surface area contributed by atoms with Gasteiger partial charge in [0.15, 0.2) is 0 Å². The van der Waals surface area contributed by atoms with Crippen LogP contribution in [-0.4, -0.2) is 83.4 Å². The SMILES string of the molecule is Cc1cccc(N=C=O)c1C(=O)NC(C)CC(F)(F)C(F)(F)C(F)(F)C(F)(F)C(F)(F)C(F)(F)C(F)(F)C(F)(F)C(F)(F)C(F)(F)C(F)(F)F. The Balaban J connectivity index is 3.66. The van der Waals surface area contributed by atoms with Gasteiger partial charge in [-0.1, -0.05) is 12.1 Å². The molecule has 0 fully saturated rings. The van der Waals surface area contributed by atoms with E-state index in [4.69, 9.17) is 0 Å². The van der Waals surface area contributed by atoms with Crippen LogP contribution in [0.4, 0.5) is 107 Å². The summed E-state index contributed by atoms with van der Waals surface area (Å²) < 4.78 is 313. The zero-order chi connectivity index (χ0) is 40.3. The Labute approximate surface area is 260 Å². The molecule has 0 aliphatic heterocycles. The molecule has 288 valence electrons. The summed E-state index contributed by atoms with van der Waals surface area (Å²) in [6.45, 7) is 1.24. The summed E-state index contributed by atoms with van der Waals surface area (Å²) in [6, 6.07) is 0.347. The van der Waals surface area contributed by atoms with Crippen LogP contribution >= 0.6 is 0 Å². The van der Waals surface area contributed by atoms with Crippen LogP contribution < -0.4 is 5.32 Å². The highest BCUT2D eigenvalue weighted by molar-refractivity contribution is 6.00. The standard InChI is InChI=1S/C23H13F23N2O2/c1-8-4-3-5-10(47-7-49)11(8)12(50)48-9(2)6-13(24,25)14(26,27)15(28,29)16(30,31)17(32,33)18(34,35)19(36,37)20(38,39)21(40,41)22(42,43)23(44,45)46/h3-5,9H,6H2,1-2H3,(H,48,50). The molecule has 0 aliphatic carbocycles. The smallest absolute Gasteiger partial charge is 0.349 e. The van der Waals surface area contributed by atoms with Crippen LogP contribution in [0.5, 0.6) is 0 Å². The van der Waals surface area contributed by atoms with Crippen molar-refractivity contribution in [3.8, 4) is 0 Å². The third kappa shape index (κ3) is 6.19. The van der Waals surface area contributed by atoms with Gasteiger partial charge in [-0.3, -0.25) is 4.79 Å². The van der Waals surface area contributed by atoms with Crippen molar-refractivity contribution in [2.75, 3.05) is 0 Å². The van der Waals surface area contributed by atoms with Crippen LogP contribution in [0.15, 0.2) is 23.2 Å². The zero-order valence-corrected chi connectivity index (χ0v) is 23.5. The number of alkyl halides is 23. The number of halogens is 23. The normalized spacial score (nSPS) is 15.8. The minimum absolute atomic E-state index is 0.181. The summed E-state index contributed by atoms with van der Waals surface area (Å²) in [5.74, 6) is -90.3. The molecule has 50 heavy (non-hydrogen) atoms. The van der Waals surface area contributed by atoms with Crippen molar-refractivity contribution in [3.05, 3.63) is 29.3 Å². The van der Waals surface area contributed by atoms with Crippen molar-refractivity contribution in [2.45, 2.75) is 91.7 Å². The van der Waals surface area contributed by atoms with Gasteiger partial charge in [0, 0.05) is 12.5 Å². The monoisotopic (exact) mass is 786 g/mol.